The summed E-state index contributed by atoms with van der Waals surface area (Å²) in [6.45, 7) is 7.79. The number of benzene rings is 2. The number of rotatable bonds is 8. The zero-order chi connectivity index (χ0) is 30.9. The molecular weight excluding hydrogens is 613 g/mol. The number of halogens is 4. The Labute approximate surface area is 251 Å². The van der Waals surface area contributed by atoms with Crippen molar-refractivity contribution in [3.63, 3.8) is 0 Å². The molecule has 0 bridgehead atoms. The number of carbonyl (C=O) groups excluding carboxylic acids is 2. The number of hydrogen-bond donors (Lipinski definition) is 1. The molecule has 222 valence electrons. The van der Waals surface area contributed by atoms with Crippen LogP contribution in [0.1, 0.15) is 54.6 Å². The molecule has 0 saturated heterocycles. The molecule has 2 amide bonds. The first-order valence-corrected chi connectivity index (χ1v) is 14.2. The van der Waals surface area contributed by atoms with Gasteiger partial charge in [-0.05, 0) is 56.5 Å². The van der Waals surface area contributed by atoms with Crippen molar-refractivity contribution < 1.29 is 22.8 Å². The standard InChI is InChI=1S/C23H25F3N6O2.C7H7Br/c1-4-15-14-28-32(16-10-8-7-9-11-16)21(15)31(6-3)22(34)17(5-2)29-20(33)19-27-13-12-18(30-19)23(24,25)26;1-6-4-2-3-5-7(6)8/h7-14,17H,4-6H2,1-3H3,(H,29,33);2-5H,1H3. The lowest BCUT2D eigenvalue weighted by Gasteiger charge is -2.27. The molecule has 42 heavy (non-hydrogen) atoms. The maximum atomic E-state index is 13.5. The summed E-state index contributed by atoms with van der Waals surface area (Å²) in [5.41, 5.74) is 1.65. The molecule has 1 atom stereocenters. The van der Waals surface area contributed by atoms with Crippen LogP contribution in [0.25, 0.3) is 5.69 Å². The normalized spacial score (nSPS) is 11.7. The summed E-state index contributed by atoms with van der Waals surface area (Å²) in [4.78, 5) is 34.6. The number of aryl methyl sites for hydroxylation is 2. The molecule has 0 aliphatic heterocycles. The third kappa shape index (κ3) is 8.03. The Bertz CT molecular complexity index is 1470. The van der Waals surface area contributed by atoms with E-state index in [9.17, 15) is 22.8 Å². The van der Waals surface area contributed by atoms with Crippen LogP contribution < -0.4 is 10.2 Å². The Morgan fingerprint density at radius 1 is 1.02 bits per heavy atom. The molecule has 4 aromatic rings. The largest absolute Gasteiger partial charge is 0.433 e. The van der Waals surface area contributed by atoms with Crippen molar-refractivity contribution in [1.29, 1.82) is 0 Å². The number of aromatic nitrogens is 4. The van der Waals surface area contributed by atoms with E-state index in [2.05, 4.69) is 49.3 Å². The molecule has 0 fully saturated rings. The molecule has 0 radical (unpaired) electrons. The van der Waals surface area contributed by atoms with E-state index >= 15 is 0 Å². The van der Waals surface area contributed by atoms with Crippen molar-refractivity contribution in [2.75, 3.05) is 11.4 Å². The average molecular weight is 646 g/mol. The molecule has 1 unspecified atom stereocenters. The highest BCUT2D eigenvalue weighted by molar-refractivity contribution is 9.10. The maximum Gasteiger partial charge on any atom is 0.433 e. The van der Waals surface area contributed by atoms with E-state index in [-0.39, 0.29) is 13.0 Å². The fourth-order valence-corrected chi connectivity index (χ4v) is 4.29. The summed E-state index contributed by atoms with van der Waals surface area (Å²) < 4.78 is 41.7. The Morgan fingerprint density at radius 2 is 1.69 bits per heavy atom. The zero-order valence-electron chi connectivity index (χ0n) is 23.7. The van der Waals surface area contributed by atoms with Gasteiger partial charge in [0.05, 0.1) is 11.9 Å². The number of likely N-dealkylation sites (N-methyl/N-ethyl adjacent to an activating group) is 1. The van der Waals surface area contributed by atoms with Crippen LogP contribution in [-0.4, -0.2) is 44.1 Å². The van der Waals surface area contributed by atoms with Gasteiger partial charge in [0, 0.05) is 22.8 Å². The van der Waals surface area contributed by atoms with Crippen LogP contribution in [0.2, 0.25) is 0 Å². The van der Waals surface area contributed by atoms with Crippen molar-refractivity contribution in [1.82, 2.24) is 25.1 Å². The first-order valence-electron chi connectivity index (χ1n) is 13.4. The highest BCUT2D eigenvalue weighted by Crippen LogP contribution is 2.28. The lowest BCUT2D eigenvalue weighted by atomic mass is 10.1. The van der Waals surface area contributed by atoms with Gasteiger partial charge in [0.15, 0.2) is 0 Å². The smallest absolute Gasteiger partial charge is 0.338 e. The van der Waals surface area contributed by atoms with E-state index in [1.54, 1.807) is 24.7 Å². The van der Waals surface area contributed by atoms with Gasteiger partial charge >= 0.3 is 6.18 Å². The van der Waals surface area contributed by atoms with Gasteiger partial charge in [-0.2, -0.15) is 18.3 Å². The van der Waals surface area contributed by atoms with Gasteiger partial charge in [0.2, 0.25) is 5.82 Å². The van der Waals surface area contributed by atoms with Gasteiger partial charge in [0.1, 0.15) is 17.6 Å². The number of nitrogens with zero attached hydrogens (tertiary/aromatic N) is 5. The second-order valence-electron chi connectivity index (χ2n) is 9.12. The minimum Gasteiger partial charge on any atom is -0.338 e. The molecule has 4 rings (SSSR count). The number of alkyl halides is 3. The summed E-state index contributed by atoms with van der Waals surface area (Å²) in [6, 6.07) is 17.1. The third-order valence-corrected chi connectivity index (χ3v) is 7.16. The molecule has 12 heteroatoms. The fourth-order valence-electron chi connectivity index (χ4n) is 4.01. The Hall–Kier alpha value is -4.06. The van der Waals surface area contributed by atoms with Crippen LogP contribution in [0.15, 0.2) is 77.5 Å². The van der Waals surface area contributed by atoms with E-state index in [4.69, 9.17) is 0 Å². The van der Waals surface area contributed by atoms with Crippen LogP contribution in [0.4, 0.5) is 19.0 Å². The minimum atomic E-state index is -4.72. The summed E-state index contributed by atoms with van der Waals surface area (Å²) in [5.74, 6) is -1.47. The fraction of sp³-hybridized carbons (Fsp3) is 0.300. The van der Waals surface area contributed by atoms with E-state index in [0.29, 0.717) is 18.3 Å². The summed E-state index contributed by atoms with van der Waals surface area (Å²) >= 11 is 3.40. The van der Waals surface area contributed by atoms with Crippen LogP contribution in [-0.2, 0) is 17.4 Å². The van der Waals surface area contributed by atoms with E-state index in [1.165, 1.54) is 14.9 Å². The lowest BCUT2D eigenvalue weighted by Crippen LogP contribution is -2.49. The zero-order valence-corrected chi connectivity index (χ0v) is 25.3. The summed E-state index contributed by atoms with van der Waals surface area (Å²) in [7, 11) is 0. The second kappa shape index (κ2) is 14.7. The molecular formula is C30H32BrF3N6O2. The Morgan fingerprint density at radius 3 is 2.24 bits per heavy atom. The number of carbonyl (C=O) groups is 2. The highest BCUT2D eigenvalue weighted by Gasteiger charge is 2.34. The molecule has 2 heterocycles. The van der Waals surface area contributed by atoms with Gasteiger partial charge in [-0.1, -0.05) is 66.2 Å². The lowest BCUT2D eigenvalue weighted by molar-refractivity contribution is -0.141. The first-order chi connectivity index (χ1) is 20.0. The van der Waals surface area contributed by atoms with Crippen molar-refractivity contribution >= 4 is 33.6 Å². The van der Waals surface area contributed by atoms with Crippen LogP contribution in [0.5, 0.6) is 0 Å². The van der Waals surface area contributed by atoms with Crippen LogP contribution >= 0.6 is 15.9 Å². The van der Waals surface area contributed by atoms with Gasteiger partial charge in [-0.15, -0.1) is 0 Å². The minimum absolute atomic E-state index is 0.209. The SMILES string of the molecule is CCc1cnn(-c2ccccc2)c1N(CC)C(=O)C(CC)NC(=O)c1nccc(C(F)(F)F)n1.Cc1ccccc1Br. The molecule has 8 nitrogen and oxygen atoms in total. The maximum absolute atomic E-state index is 13.5. The molecule has 2 aromatic carbocycles. The summed E-state index contributed by atoms with van der Waals surface area (Å²) in [6.07, 6.45) is -1.34. The third-order valence-electron chi connectivity index (χ3n) is 6.27. The van der Waals surface area contributed by atoms with Gasteiger partial charge < -0.3 is 5.32 Å². The Balaban J connectivity index is 0.000000521. The van der Waals surface area contributed by atoms with E-state index in [1.807, 2.05) is 55.5 Å². The van der Waals surface area contributed by atoms with Crippen LogP contribution in [0, 0.1) is 6.92 Å². The number of anilines is 1. The average Bonchev–Trinajstić information content (AvgIpc) is 3.42. The van der Waals surface area contributed by atoms with Crippen molar-refractivity contribution in [3.05, 3.63) is 100 Å². The van der Waals surface area contributed by atoms with E-state index < -0.39 is 35.6 Å². The molecule has 0 aliphatic carbocycles. The molecule has 0 saturated carbocycles. The highest BCUT2D eigenvalue weighted by atomic mass is 79.9. The molecule has 2 aromatic heterocycles. The Kier molecular flexibility index (Phi) is 11.4. The quantitative estimate of drug-likeness (QED) is 0.234. The molecule has 0 aliphatic rings. The van der Waals surface area contributed by atoms with Crippen molar-refractivity contribution in [3.8, 4) is 5.69 Å². The second-order valence-corrected chi connectivity index (χ2v) is 9.98. The van der Waals surface area contributed by atoms with Gasteiger partial charge in [0.25, 0.3) is 11.8 Å². The predicted octanol–water partition coefficient (Wildman–Crippen LogP) is 6.56. The van der Waals surface area contributed by atoms with Crippen molar-refractivity contribution in [2.24, 2.45) is 0 Å². The predicted molar refractivity (Wildman–Crippen MR) is 158 cm³/mol. The summed E-state index contributed by atoms with van der Waals surface area (Å²) in [5, 5.41) is 6.93. The number of para-hydroxylation sites is 1. The first kappa shape index (κ1) is 32.5. The monoisotopic (exact) mass is 644 g/mol. The van der Waals surface area contributed by atoms with Gasteiger partial charge in [-0.25, -0.2) is 14.6 Å². The number of hydrogen-bond acceptors (Lipinski definition) is 5. The molecule has 1 N–H and O–H groups in total. The number of amides is 2. The van der Waals surface area contributed by atoms with Crippen LogP contribution in [0.3, 0.4) is 0 Å². The molecule has 0 spiro atoms. The van der Waals surface area contributed by atoms with Gasteiger partial charge in [-0.3, -0.25) is 14.5 Å². The number of nitrogens with one attached hydrogen (secondary N) is 1. The van der Waals surface area contributed by atoms with Crippen molar-refractivity contribution in [2.45, 2.75) is 52.8 Å². The topological polar surface area (TPSA) is 93.0 Å². The van der Waals surface area contributed by atoms with E-state index in [0.717, 1.165) is 17.4 Å².